The van der Waals surface area contributed by atoms with Crippen LogP contribution in [0.2, 0.25) is 0 Å². The fraction of sp³-hybridized carbons (Fsp3) is 0.769. The number of allylic oxidation sites excluding steroid dienone is 7. The third-order valence-electron chi connectivity index (χ3n) is 8.71. The number of aliphatic hydroxyl groups is 6. The summed E-state index contributed by atoms with van der Waals surface area (Å²) in [6.45, 7) is 3.46. The van der Waals surface area contributed by atoms with Crippen LogP contribution in [0.5, 0.6) is 0 Å². The first-order valence-corrected chi connectivity index (χ1v) is 19.0. The lowest BCUT2D eigenvalue weighted by molar-refractivity contribution is -0.302. The molecule has 0 aromatic carbocycles. The van der Waals surface area contributed by atoms with Crippen LogP contribution in [0, 0.1) is 0 Å². The van der Waals surface area contributed by atoms with E-state index in [2.05, 4.69) is 55.6 Å². The molecule has 0 radical (unpaired) electrons. The molecule has 8 unspecified atom stereocenters. The van der Waals surface area contributed by atoms with Crippen LogP contribution in [0.15, 0.2) is 48.6 Å². The van der Waals surface area contributed by atoms with E-state index in [4.69, 9.17) is 9.47 Å². The van der Waals surface area contributed by atoms with Gasteiger partial charge in [0.05, 0.1) is 25.4 Å². The highest BCUT2D eigenvalue weighted by atomic mass is 16.7. The van der Waals surface area contributed by atoms with Crippen LogP contribution >= 0.6 is 0 Å². The summed E-state index contributed by atoms with van der Waals surface area (Å²) in [6, 6.07) is -1.01. The van der Waals surface area contributed by atoms with Gasteiger partial charge in [0.1, 0.15) is 30.5 Å². The Morgan fingerprint density at radius 3 is 1.82 bits per heavy atom. The van der Waals surface area contributed by atoms with Crippen LogP contribution in [0.3, 0.4) is 0 Å². The van der Waals surface area contributed by atoms with Crippen molar-refractivity contribution in [2.75, 3.05) is 13.2 Å². The van der Waals surface area contributed by atoms with Crippen molar-refractivity contribution in [2.45, 2.75) is 178 Å². The molecule has 1 heterocycles. The molecule has 0 aliphatic carbocycles. The number of amides is 1. The van der Waals surface area contributed by atoms with Crippen molar-refractivity contribution in [1.82, 2.24) is 5.32 Å². The molecule has 0 aromatic rings. The first kappa shape index (κ1) is 45.1. The smallest absolute Gasteiger partial charge is 0.249 e. The largest absolute Gasteiger partial charge is 0.394 e. The number of rotatable bonds is 29. The van der Waals surface area contributed by atoms with Crippen LogP contribution in [0.4, 0.5) is 0 Å². The molecule has 1 aliphatic heterocycles. The molecule has 1 amide bonds. The maximum absolute atomic E-state index is 12.9. The van der Waals surface area contributed by atoms with Crippen molar-refractivity contribution >= 4 is 5.91 Å². The zero-order chi connectivity index (χ0) is 36.1. The van der Waals surface area contributed by atoms with E-state index in [1.165, 1.54) is 44.9 Å². The molecule has 49 heavy (non-hydrogen) atoms. The first-order chi connectivity index (χ1) is 23.8. The molecular weight excluding hydrogens is 626 g/mol. The van der Waals surface area contributed by atoms with Crippen LogP contribution in [-0.2, 0) is 14.3 Å². The average Bonchev–Trinajstić information content (AvgIpc) is 3.10. The Balaban J connectivity index is 2.60. The molecular formula is C39H69NO9. The number of aliphatic hydroxyl groups excluding tert-OH is 6. The van der Waals surface area contributed by atoms with Crippen molar-refractivity contribution < 1.29 is 44.9 Å². The summed E-state index contributed by atoms with van der Waals surface area (Å²) in [4.78, 5) is 12.9. The van der Waals surface area contributed by atoms with Gasteiger partial charge in [-0.25, -0.2) is 0 Å². The lowest BCUT2D eigenvalue weighted by Gasteiger charge is -2.40. The van der Waals surface area contributed by atoms with Crippen molar-refractivity contribution in [3.63, 3.8) is 0 Å². The Bertz CT molecular complexity index is 922. The zero-order valence-electron chi connectivity index (χ0n) is 30.3. The van der Waals surface area contributed by atoms with Gasteiger partial charge in [-0.2, -0.15) is 0 Å². The quantitative estimate of drug-likeness (QED) is 0.0406. The molecule has 10 heteroatoms. The summed E-state index contributed by atoms with van der Waals surface area (Å²) in [5.74, 6) is -0.650. The fourth-order valence-electron chi connectivity index (χ4n) is 5.47. The van der Waals surface area contributed by atoms with Gasteiger partial charge < -0.3 is 45.4 Å². The lowest BCUT2D eigenvalue weighted by Crippen LogP contribution is -2.60. The van der Waals surface area contributed by atoms with Gasteiger partial charge >= 0.3 is 0 Å². The molecule has 0 aromatic heterocycles. The van der Waals surface area contributed by atoms with Gasteiger partial charge in [-0.1, -0.05) is 114 Å². The molecule has 1 rings (SSSR count). The van der Waals surface area contributed by atoms with Crippen molar-refractivity contribution in [2.24, 2.45) is 0 Å². The van der Waals surface area contributed by atoms with E-state index >= 15 is 0 Å². The van der Waals surface area contributed by atoms with E-state index in [-0.39, 0.29) is 13.0 Å². The summed E-state index contributed by atoms with van der Waals surface area (Å²) in [5, 5.41) is 64.1. The molecule has 1 aliphatic rings. The van der Waals surface area contributed by atoms with Gasteiger partial charge in [0.15, 0.2) is 6.29 Å². The summed E-state index contributed by atoms with van der Waals surface area (Å²) in [6.07, 6.45) is 25.0. The standard InChI is InChI=1S/C39H69NO9/c1-3-5-7-9-11-13-14-15-16-17-18-20-21-23-25-27-32(42)31(30-48-39-37(46)36(45)35(44)34(29-41)49-39)40-38(47)33(43)28-26-24-22-19-12-10-8-6-4-2/h10,12,14-15,18,20,25,27,31-37,39,41-46H,3-9,11,13,16-17,19,21-24,26,28-30H2,1-2H3,(H,40,47)/b12-10-,15-14+,20-18+,27-25+. The zero-order valence-corrected chi connectivity index (χ0v) is 30.3. The average molecular weight is 696 g/mol. The second kappa shape index (κ2) is 29.8. The predicted molar refractivity (Wildman–Crippen MR) is 195 cm³/mol. The fourth-order valence-corrected chi connectivity index (χ4v) is 5.47. The number of nitrogens with one attached hydrogen (secondary N) is 1. The minimum atomic E-state index is -1.62. The van der Waals surface area contributed by atoms with Crippen molar-refractivity contribution in [1.29, 1.82) is 0 Å². The highest BCUT2D eigenvalue weighted by Crippen LogP contribution is 2.22. The second-order valence-electron chi connectivity index (χ2n) is 13.1. The van der Waals surface area contributed by atoms with Gasteiger partial charge in [0.2, 0.25) is 5.91 Å². The molecule has 10 nitrogen and oxygen atoms in total. The Hall–Kier alpha value is -1.89. The molecule has 7 N–H and O–H groups in total. The van der Waals surface area contributed by atoms with Gasteiger partial charge in [0, 0.05) is 0 Å². The third-order valence-corrected chi connectivity index (χ3v) is 8.71. The van der Waals surface area contributed by atoms with E-state index in [1.807, 2.05) is 6.08 Å². The van der Waals surface area contributed by atoms with E-state index in [0.29, 0.717) is 12.8 Å². The Morgan fingerprint density at radius 2 is 1.22 bits per heavy atom. The van der Waals surface area contributed by atoms with Crippen LogP contribution in [0.1, 0.15) is 129 Å². The number of carbonyl (C=O) groups is 1. The molecule has 1 fully saturated rings. The van der Waals surface area contributed by atoms with E-state index in [9.17, 15) is 35.4 Å². The number of carbonyl (C=O) groups excluding carboxylic acids is 1. The Kier molecular flexibility index (Phi) is 27.4. The van der Waals surface area contributed by atoms with Gasteiger partial charge in [-0.15, -0.1) is 0 Å². The lowest BCUT2D eigenvalue weighted by atomic mass is 9.99. The van der Waals surface area contributed by atoms with E-state index in [0.717, 1.165) is 51.4 Å². The minimum Gasteiger partial charge on any atom is -0.394 e. The second-order valence-corrected chi connectivity index (χ2v) is 13.1. The SMILES string of the molecule is CCCC/C=C\CCCCCC(O)C(=O)NC(COC1OC(CO)C(O)C(O)C1O)C(O)/C=C/CC/C=C/CC/C=C/CCCCCCC. The summed E-state index contributed by atoms with van der Waals surface area (Å²) < 4.78 is 11.0. The van der Waals surface area contributed by atoms with Crippen LogP contribution in [0.25, 0.3) is 0 Å². The molecule has 8 atom stereocenters. The molecule has 0 bridgehead atoms. The molecule has 1 saturated heterocycles. The molecule has 284 valence electrons. The van der Waals surface area contributed by atoms with E-state index < -0.39 is 61.5 Å². The maximum Gasteiger partial charge on any atom is 0.249 e. The number of unbranched alkanes of at least 4 members (excludes halogenated alkanes) is 12. The first-order valence-electron chi connectivity index (χ1n) is 19.0. The van der Waals surface area contributed by atoms with Gasteiger partial charge in [0.25, 0.3) is 0 Å². The summed E-state index contributed by atoms with van der Waals surface area (Å²) in [5.41, 5.74) is 0. The number of ether oxygens (including phenoxy) is 2. The Morgan fingerprint density at radius 1 is 0.694 bits per heavy atom. The van der Waals surface area contributed by atoms with Crippen LogP contribution in [-0.4, -0.2) is 98.7 Å². The monoisotopic (exact) mass is 695 g/mol. The van der Waals surface area contributed by atoms with Crippen LogP contribution < -0.4 is 5.32 Å². The van der Waals surface area contributed by atoms with Gasteiger partial charge in [-0.3, -0.25) is 4.79 Å². The Labute approximate surface area is 296 Å². The number of hydrogen-bond acceptors (Lipinski definition) is 9. The van der Waals surface area contributed by atoms with E-state index in [1.54, 1.807) is 6.08 Å². The van der Waals surface area contributed by atoms with Crippen molar-refractivity contribution in [3.8, 4) is 0 Å². The molecule has 0 spiro atoms. The molecule has 0 saturated carbocycles. The highest BCUT2D eigenvalue weighted by molar-refractivity contribution is 5.80. The van der Waals surface area contributed by atoms with Gasteiger partial charge in [-0.05, 0) is 64.2 Å². The number of hydrogen-bond donors (Lipinski definition) is 7. The normalized spacial score (nSPS) is 23.6. The predicted octanol–water partition coefficient (Wildman–Crippen LogP) is 5.30. The van der Waals surface area contributed by atoms with Crippen molar-refractivity contribution in [3.05, 3.63) is 48.6 Å². The minimum absolute atomic E-state index is 0.277. The topological polar surface area (TPSA) is 169 Å². The third kappa shape index (κ3) is 21.2. The summed E-state index contributed by atoms with van der Waals surface area (Å²) in [7, 11) is 0. The highest BCUT2D eigenvalue weighted by Gasteiger charge is 2.44. The maximum atomic E-state index is 12.9. The summed E-state index contributed by atoms with van der Waals surface area (Å²) >= 11 is 0.